The standard InChI is InChI=1S/C13H19N3O4/c1-9-8-15(13(18)14-12(9)17)10-5-6-16(20-10)11-4-2-3-7-19-11/h8,10-11H,2-7H2,1H3,(H,14,17,18). The van der Waals surface area contributed by atoms with Crippen LogP contribution in [-0.4, -0.2) is 34.0 Å². The van der Waals surface area contributed by atoms with Gasteiger partial charge in [0.25, 0.3) is 5.56 Å². The first kappa shape index (κ1) is 13.5. The van der Waals surface area contributed by atoms with Crippen LogP contribution in [0.1, 0.15) is 37.5 Å². The number of H-pyrrole nitrogens is 1. The summed E-state index contributed by atoms with van der Waals surface area (Å²) in [5.74, 6) is 0. The summed E-state index contributed by atoms with van der Waals surface area (Å²) in [5, 5.41) is 1.82. The van der Waals surface area contributed by atoms with Gasteiger partial charge in [0.1, 0.15) is 6.23 Å². The minimum atomic E-state index is -0.433. The second-order valence-corrected chi connectivity index (χ2v) is 5.29. The number of aromatic amines is 1. The van der Waals surface area contributed by atoms with E-state index in [9.17, 15) is 9.59 Å². The maximum Gasteiger partial charge on any atom is 0.330 e. The van der Waals surface area contributed by atoms with Gasteiger partial charge in [-0.2, -0.15) is 5.06 Å². The fraction of sp³-hybridized carbons (Fsp3) is 0.692. The summed E-state index contributed by atoms with van der Waals surface area (Å²) in [6.07, 6.45) is 5.03. The van der Waals surface area contributed by atoms with Crippen molar-refractivity contribution >= 4 is 0 Å². The van der Waals surface area contributed by atoms with E-state index in [0.29, 0.717) is 12.0 Å². The number of aromatic nitrogens is 2. The highest BCUT2D eigenvalue weighted by molar-refractivity contribution is 5.01. The van der Waals surface area contributed by atoms with Gasteiger partial charge in [-0.05, 0) is 26.2 Å². The molecule has 2 atom stereocenters. The number of hydrogen-bond donors (Lipinski definition) is 1. The van der Waals surface area contributed by atoms with Crippen LogP contribution in [0.3, 0.4) is 0 Å². The Bertz CT molecular complexity index is 588. The molecule has 7 heteroatoms. The third-order valence-corrected chi connectivity index (χ3v) is 3.79. The summed E-state index contributed by atoms with van der Waals surface area (Å²) in [6, 6.07) is 0. The Labute approximate surface area is 116 Å². The van der Waals surface area contributed by atoms with E-state index < -0.39 is 5.69 Å². The Kier molecular flexibility index (Phi) is 3.73. The molecular weight excluding hydrogens is 262 g/mol. The molecule has 3 rings (SSSR count). The molecule has 2 saturated heterocycles. The summed E-state index contributed by atoms with van der Waals surface area (Å²) in [7, 11) is 0. The Morgan fingerprint density at radius 3 is 2.85 bits per heavy atom. The quantitative estimate of drug-likeness (QED) is 0.854. The molecule has 2 fully saturated rings. The van der Waals surface area contributed by atoms with Crippen LogP contribution >= 0.6 is 0 Å². The molecule has 0 aromatic carbocycles. The average Bonchev–Trinajstić information content (AvgIpc) is 2.93. The van der Waals surface area contributed by atoms with Gasteiger partial charge in [-0.1, -0.05) is 0 Å². The van der Waals surface area contributed by atoms with E-state index >= 15 is 0 Å². The Morgan fingerprint density at radius 1 is 1.25 bits per heavy atom. The van der Waals surface area contributed by atoms with Crippen molar-refractivity contribution in [3.8, 4) is 0 Å². The molecule has 0 bridgehead atoms. The van der Waals surface area contributed by atoms with Crippen LogP contribution in [0, 0.1) is 6.92 Å². The van der Waals surface area contributed by atoms with Crippen molar-refractivity contribution in [2.75, 3.05) is 13.2 Å². The largest absolute Gasteiger partial charge is 0.361 e. The zero-order chi connectivity index (χ0) is 14.1. The minimum absolute atomic E-state index is 0.0201. The number of ether oxygens (including phenoxy) is 1. The SMILES string of the molecule is Cc1cn(C2CCN(C3CCCCO3)O2)c(=O)[nH]c1=O. The fourth-order valence-electron chi connectivity index (χ4n) is 2.65. The molecule has 7 nitrogen and oxygen atoms in total. The Morgan fingerprint density at radius 2 is 2.10 bits per heavy atom. The molecule has 0 amide bonds. The Balaban J connectivity index is 1.75. The molecule has 0 radical (unpaired) electrons. The monoisotopic (exact) mass is 281 g/mol. The summed E-state index contributed by atoms with van der Waals surface area (Å²) >= 11 is 0. The molecule has 0 spiro atoms. The smallest absolute Gasteiger partial charge is 0.330 e. The van der Waals surface area contributed by atoms with Crippen LogP contribution in [0.2, 0.25) is 0 Å². The first-order valence-electron chi connectivity index (χ1n) is 7.02. The van der Waals surface area contributed by atoms with Crippen molar-refractivity contribution in [3.63, 3.8) is 0 Å². The highest BCUT2D eigenvalue weighted by Crippen LogP contribution is 2.27. The van der Waals surface area contributed by atoms with Crippen LogP contribution < -0.4 is 11.2 Å². The second-order valence-electron chi connectivity index (χ2n) is 5.29. The highest BCUT2D eigenvalue weighted by Gasteiger charge is 2.32. The van der Waals surface area contributed by atoms with Crippen molar-refractivity contribution in [1.29, 1.82) is 0 Å². The van der Waals surface area contributed by atoms with E-state index in [0.717, 1.165) is 32.4 Å². The molecular formula is C13H19N3O4. The van der Waals surface area contributed by atoms with Crippen molar-refractivity contribution in [2.45, 2.75) is 45.1 Å². The number of hydroxylamine groups is 2. The lowest BCUT2D eigenvalue weighted by atomic mass is 10.2. The third-order valence-electron chi connectivity index (χ3n) is 3.79. The highest BCUT2D eigenvalue weighted by atomic mass is 16.7. The van der Waals surface area contributed by atoms with E-state index in [2.05, 4.69) is 4.98 Å². The summed E-state index contributed by atoms with van der Waals surface area (Å²) in [6.45, 7) is 3.15. The molecule has 2 aliphatic rings. The van der Waals surface area contributed by atoms with Gasteiger partial charge < -0.3 is 4.74 Å². The molecule has 1 aromatic rings. The number of nitrogens with zero attached hydrogens (tertiary/aromatic N) is 2. The molecule has 0 aliphatic carbocycles. The second kappa shape index (κ2) is 5.51. The number of nitrogens with one attached hydrogen (secondary N) is 1. The molecule has 110 valence electrons. The lowest BCUT2D eigenvalue weighted by Crippen LogP contribution is -2.38. The van der Waals surface area contributed by atoms with Crippen LogP contribution in [-0.2, 0) is 9.57 Å². The molecule has 2 unspecified atom stereocenters. The van der Waals surface area contributed by atoms with E-state index in [1.165, 1.54) is 4.57 Å². The van der Waals surface area contributed by atoms with E-state index in [1.54, 1.807) is 13.1 Å². The third kappa shape index (κ3) is 2.56. The lowest BCUT2D eigenvalue weighted by molar-refractivity contribution is -0.262. The van der Waals surface area contributed by atoms with Crippen LogP contribution in [0.15, 0.2) is 15.8 Å². The van der Waals surface area contributed by atoms with Crippen molar-refractivity contribution in [1.82, 2.24) is 14.6 Å². The van der Waals surface area contributed by atoms with E-state index in [1.807, 2.05) is 5.06 Å². The summed E-state index contributed by atoms with van der Waals surface area (Å²) < 4.78 is 7.12. The molecule has 1 N–H and O–H groups in total. The van der Waals surface area contributed by atoms with Gasteiger partial charge in [-0.15, -0.1) is 0 Å². The summed E-state index contributed by atoms with van der Waals surface area (Å²) in [5.41, 5.74) is -0.283. The zero-order valence-electron chi connectivity index (χ0n) is 11.5. The van der Waals surface area contributed by atoms with Crippen molar-refractivity contribution in [3.05, 3.63) is 32.6 Å². The molecule has 2 aliphatic heterocycles. The molecule has 20 heavy (non-hydrogen) atoms. The summed E-state index contributed by atoms with van der Waals surface area (Å²) in [4.78, 5) is 31.3. The zero-order valence-corrected chi connectivity index (χ0v) is 11.5. The predicted molar refractivity (Wildman–Crippen MR) is 71.1 cm³/mol. The number of rotatable bonds is 2. The van der Waals surface area contributed by atoms with Gasteiger partial charge in [0.2, 0.25) is 0 Å². The molecule has 1 aromatic heterocycles. The van der Waals surface area contributed by atoms with Crippen LogP contribution in [0.4, 0.5) is 0 Å². The van der Waals surface area contributed by atoms with Gasteiger partial charge in [0.05, 0.1) is 0 Å². The van der Waals surface area contributed by atoms with Crippen molar-refractivity contribution < 1.29 is 9.57 Å². The van der Waals surface area contributed by atoms with Gasteiger partial charge in [0.15, 0.2) is 6.23 Å². The first-order valence-corrected chi connectivity index (χ1v) is 7.02. The van der Waals surface area contributed by atoms with Crippen LogP contribution in [0.25, 0.3) is 0 Å². The fourth-order valence-corrected chi connectivity index (χ4v) is 2.65. The van der Waals surface area contributed by atoms with Gasteiger partial charge in [-0.3, -0.25) is 19.2 Å². The van der Waals surface area contributed by atoms with E-state index in [-0.39, 0.29) is 18.0 Å². The molecule has 3 heterocycles. The maximum atomic E-state index is 11.8. The first-order chi connectivity index (χ1) is 9.65. The van der Waals surface area contributed by atoms with Gasteiger partial charge in [0, 0.05) is 31.3 Å². The normalized spacial score (nSPS) is 27.9. The van der Waals surface area contributed by atoms with Crippen molar-refractivity contribution in [2.24, 2.45) is 0 Å². The predicted octanol–water partition coefficient (Wildman–Crippen LogP) is 0.508. The average molecular weight is 281 g/mol. The van der Waals surface area contributed by atoms with Gasteiger partial charge in [-0.25, -0.2) is 4.79 Å². The number of hydrogen-bond acceptors (Lipinski definition) is 5. The Hall–Kier alpha value is -1.44. The topological polar surface area (TPSA) is 76.6 Å². The van der Waals surface area contributed by atoms with Crippen LogP contribution in [0.5, 0.6) is 0 Å². The lowest BCUT2D eigenvalue weighted by Gasteiger charge is -2.30. The van der Waals surface area contributed by atoms with Gasteiger partial charge >= 0.3 is 5.69 Å². The number of aryl methyl sites for hydroxylation is 1. The van der Waals surface area contributed by atoms with E-state index in [4.69, 9.17) is 9.57 Å². The molecule has 0 saturated carbocycles. The maximum absolute atomic E-state index is 11.8. The minimum Gasteiger partial charge on any atom is -0.361 e.